The predicted molar refractivity (Wildman–Crippen MR) is 48.1 cm³/mol. The van der Waals surface area contributed by atoms with Crippen LogP contribution < -0.4 is 0 Å². The molecule has 0 heterocycles. The summed E-state index contributed by atoms with van der Waals surface area (Å²) in [6.07, 6.45) is 5.08. The summed E-state index contributed by atoms with van der Waals surface area (Å²) in [5, 5.41) is 8.46. The fraction of sp³-hybridized carbons (Fsp3) is 0.250. The summed E-state index contributed by atoms with van der Waals surface area (Å²) < 4.78 is 11.7. The quantitative estimate of drug-likeness (QED) is 0.645. The van der Waals surface area contributed by atoms with Crippen molar-refractivity contribution in [2.45, 2.75) is 0 Å². The van der Waals surface area contributed by atoms with Crippen LogP contribution >= 0.6 is 11.8 Å². The maximum atomic E-state index is 11.7. The maximum absolute atomic E-state index is 11.7. The first-order chi connectivity index (χ1) is 5.35. The van der Waals surface area contributed by atoms with Gasteiger partial charge in [0.25, 0.3) is 0 Å². The monoisotopic (exact) mass is 174 g/mol. The number of aliphatic hydroxyl groups is 1. The molecule has 3 heteroatoms. The molecule has 0 unspecified atom stereocenters. The molecule has 0 aliphatic carbocycles. The van der Waals surface area contributed by atoms with Crippen LogP contribution in [0.2, 0.25) is 0 Å². The highest BCUT2D eigenvalue weighted by Gasteiger charge is 1.90. The van der Waals surface area contributed by atoms with E-state index in [-0.39, 0.29) is 6.61 Å². The zero-order valence-electron chi connectivity index (χ0n) is 6.16. The predicted octanol–water partition coefficient (Wildman–Crippen LogP) is 2.27. The Morgan fingerprint density at radius 3 is 2.82 bits per heavy atom. The van der Waals surface area contributed by atoms with Gasteiger partial charge in [0, 0.05) is 10.7 Å². The first-order valence-corrected chi connectivity index (χ1v) is 4.17. The topological polar surface area (TPSA) is 20.2 Å². The average molecular weight is 174 g/mol. The van der Waals surface area contributed by atoms with Gasteiger partial charge in [-0.15, -0.1) is 11.8 Å². The van der Waals surface area contributed by atoms with Crippen LogP contribution in [0.25, 0.3) is 0 Å². The first-order valence-electron chi connectivity index (χ1n) is 3.18. The van der Waals surface area contributed by atoms with Gasteiger partial charge < -0.3 is 5.11 Å². The number of rotatable bonds is 5. The van der Waals surface area contributed by atoms with Gasteiger partial charge in [-0.1, -0.05) is 12.7 Å². The van der Waals surface area contributed by atoms with E-state index in [9.17, 15) is 4.39 Å². The third-order valence-electron chi connectivity index (χ3n) is 0.869. The lowest BCUT2D eigenvalue weighted by Gasteiger charge is -1.96. The van der Waals surface area contributed by atoms with E-state index < -0.39 is 0 Å². The number of aliphatic hydroxyl groups excluding tert-OH is 1. The van der Waals surface area contributed by atoms with Gasteiger partial charge in [-0.05, 0) is 12.2 Å². The highest BCUT2D eigenvalue weighted by Crippen LogP contribution is 2.16. The van der Waals surface area contributed by atoms with Crippen molar-refractivity contribution in [2.24, 2.45) is 0 Å². The van der Waals surface area contributed by atoms with Crippen molar-refractivity contribution < 1.29 is 9.50 Å². The normalized spacial score (nSPS) is 12.4. The van der Waals surface area contributed by atoms with Gasteiger partial charge in [-0.3, -0.25) is 0 Å². The number of hydrogen-bond acceptors (Lipinski definition) is 2. The summed E-state index contributed by atoms with van der Waals surface area (Å²) in [7, 11) is 0. The molecule has 0 aliphatic rings. The van der Waals surface area contributed by atoms with Gasteiger partial charge in [-0.2, -0.15) is 0 Å². The van der Waals surface area contributed by atoms with E-state index in [1.54, 1.807) is 12.2 Å². The highest BCUT2D eigenvalue weighted by atomic mass is 32.2. The molecule has 0 atom stereocenters. The van der Waals surface area contributed by atoms with E-state index >= 15 is 0 Å². The lowest BCUT2D eigenvalue weighted by Crippen LogP contribution is -1.85. The van der Waals surface area contributed by atoms with E-state index in [0.717, 1.165) is 4.91 Å². The third-order valence-corrected chi connectivity index (χ3v) is 1.86. The molecule has 1 nitrogen and oxygen atoms in total. The molecule has 0 saturated heterocycles. The van der Waals surface area contributed by atoms with Crippen LogP contribution in [0.1, 0.15) is 0 Å². The molecule has 0 aromatic rings. The summed E-state index contributed by atoms with van der Waals surface area (Å²) in [4.78, 5) is 0.761. The standard InChI is InChI=1S/C8H11FOS/c1-2-3-8(4-5-9)11-7-6-10/h2-5,10H,1,6-7H2/b5-4-,8-3+. The Morgan fingerprint density at radius 2 is 2.36 bits per heavy atom. The Hall–Kier alpha value is -0.540. The molecule has 11 heavy (non-hydrogen) atoms. The lowest BCUT2D eigenvalue weighted by molar-refractivity contribution is 0.322. The summed E-state index contributed by atoms with van der Waals surface area (Å²) >= 11 is 1.38. The summed E-state index contributed by atoms with van der Waals surface area (Å²) in [6.45, 7) is 3.58. The third kappa shape index (κ3) is 5.88. The second kappa shape index (κ2) is 7.57. The van der Waals surface area contributed by atoms with Crippen molar-refractivity contribution in [2.75, 3.05) is 12.4 Å². The van der Waals surface area contributed by atoms with Crippen molar-refractivity contribution in [1.82, 2.24) is 0 Å². The van der Waals surface area contributed by atoms with Crippen molar-refractivity contribution in [3.8, 4) is 0 Å². The number of thioether (sulfide) groups is 1. The van der Waals surface area contributed by atoms with Gasteiger partial charge >= 0.3 is 0 Å². The number of halogens is 1. The average Bonchev–Trinajstić information content (AvgIpc) is 2.01. The molecule has 0 aromatic heterocycles. The molecule has 0 rings (SSSR count). The van der Waals surface area contributed by atoms with E-state index in [2.05, 4.69) is 6.58 Å². The van der Waals surface area contributed by atoms with E-state index in [4.69, 9.17) is 5.11 Å². The van der Waals surface area contributed by atoms with Crippen LogP contribution in [0, 0.1) is 0 Å². The maximum Gasteiger partial charge on any atom is 0.0878 e. The van der Waals surface area contributed by atoms with Gasteiger partial charge in [0.2, 0.25) is 0 Å². The van der Waals surface area contributed by atoms with Crippen LogP contribution in [0.15, 0.2) is 36.0 Å². The zero-order chi connectivity index (χ0) is 8.53. The minimum atomic E-state index is 0.0965. The molecule has 0 saturated carbocycles. The smallest absolute Gasteiger partial charge is 0.0878 e. The summed E-state index contributed by atoms with van der Waals surface area (Å²) in [5.41, 5.74) is 0. The molecule has 0 aliphatic heterocycles. The largest absolute Gasteiger partial charge is 0.396 e. The van der Waals surface area contributed by atoms with Crippen LogP contribution in [0.4, 0.5) is 4.39 Å². The van der Waals surface area contributed by atoms with Gasteiger partial charge in [0.15, 0.2) is 0 Å². The van der Waals surface area contributed by atoms with E-state index in [1.165, 1.54) is 17.8 Å². The molecule has 0 fully saturated rings. The molecule has 62 valence electrons. The minimum absolute atomic E-state index is 0.0965. The second-order valence-corrected chi connectivity index (χ2v) is 2.84. The molecular weight excluding hydrogens is 163 g/mol. The number of hydrogen-bond donors (Lipinski definition) is 1. The molecule has 0 aromatic carbocycles. The first kappa shape index (κ1) is 10.5. The van der Waals surface area contributed by atoms with Crippen LogP contribution in [-0.4, -0.2) is 17.5 Å². The van der Waals surface area contributed by atoms with Crippen LogP contribution in [-0.2, 0) is 0 Å². The molecule has 0 amide bonds. The highest BCUT2D eigenvalue weighted by molar-refractivity contribution is 8.03. The van der Waals surface area contributed by atoms with Crippen molar-refractivity contribution in [3.05, 3.63) is 36.0 Å². The Kier molecular flexibility index (Phi) is 7.19. The van der Waals surface area contributed by atoms with Crippen molar-refractivity contribution in [1.29, 1.82) is 0 Å². The summed E-state index contributed by atoms with van der Waals surface area (Å²) in [5.74, 6) is 0.573. The zero-order valence-corrected chi connectivity index (χ0v) is 6.98. The van der Waals surface area contributed by atoms with Crippen molar-refractivity contribution in [3.63, 3.8) is 0 Å². The Morgan fingerprint density at radius 1 is 1.64 bits per heavy atom. The Balaban J connectivity index is 3.89. The van der Waals surface area contributed by atoms with Crippen molar-refractivity contribution >= 4 is 11.8 Å². The Bertz CT molecular complexity index is 163. The minimum Gasteiger partial charge on any atom is -0.396 e. The molecule has 0 bridgehead atoms. The molecule has 0 spiro atoms. The summed E-state index contributed by atoms with van der Waals surface area (Å²) in [6, 6.07) is 0. The fourth-order valence-electron chi connectivity index (χ4n) is 0.494. The molecule has 0 radical (unpaired) electrons. The molecular formula is C8H11FOS. The van der Waals surface area contributed by atoms with Gasteiger partial charge in [0.05, 0.1) is 12.9 Å². The SMILES string of the molecule is C=C/C=C(\C=C/F)SCCO. The van der Waals surface area contributed by atoms with Gasteiger partial charge in [0.1, 0.15) is 0 Å². The number of allylic oxidation sites excluding steroid dienone is 3. The molecule has 1 N–H and O–H groups in total. The van der Waals surface area contributed by atoms with E-state index in [1.807, 2.05) is 0 Å². The Labute approximate surface area is 70.3 Å². The van der Waals surface area contributed by atoms with Gasteiger partial charge in [-0.25, -0.2) is 4.39 Å². The fourth-order valence-corrected chi connectivity index (χ4v) is 1.16. The second-order valence-electron chi connectivity index (χ2n) is 1.67. The van der Waals surface area contributed by atoms with Crippen LogP contribution in [0.3, 0.4) is 0 Å². The van der Waals surface area contributed by atoms with E-state index in [0.29, 0.717) is 12.1 Å². The lowest BCUT2D eigenvalue weighted by atomic mass is 10.5. The van der Waals surface area contributed by atoms with Crippen LogP contribution in [0.5, 0.6) is 0 Å².